The van der Waals surface area contributed by atoms with Gasteiger partial charge in [-0.05, 0) is 44.4 Å². The Bertz CT molecular complexity index is 714. The molecule has 0 aliphatic carbocycles. The first-order valence-electron chi connectivity index (χ1n) is 7.39. The minimum Gasteiger partial charge on any atom is -0.457 e. The molecule has 126 valence electrons. The van der Waals surface area contributed by atoms with Gasteiger partial charge in [-0.15, -0.1) is 0 Å². The Balaban J connectivity index is 0.00000127. The summed E-state index contributed by atoms with van der Waals surface area (Å²) in [6, 6.07) is 14.0. The van der Waals surface area contributed by atoms with E-state index < -0.39 is 10.0 Å². The summed E-state index contributed by atoms with van der Waals surface area (Å²) in [7, 11) is 0.0726. The normalized spacial score (nSPS) is 10.9. The van der Waals surface area contributed by atoms with Gasteiger partial charge in [-0.25, -0.2) is 13.6 Å². The topological polar surface area (TPSA) is 72.6 Å². The van der Waals surface area contributed by atoms with E-state index in [4.69, 9.17) is 9.88 Å². The molecule has 23 heavy (non-hydrogen) atoms. The minimum atomic E-state index is -3.72. The van der Waals surface area contributed by atoms with Crippen molar-refractivity contribution in [3.8, 4) is 11.5 Å². The van der Waals surface area contributed by atoms with E-state index in [1.54, 1.807) is 12.1 Å². The van der Waals surface area contributed by atoms with E-state index in [9.17, 15) is 8.42 Å². The molecule has 0 aliphatic rings. The van der Waals surface area contributed by atoms with Crippen LogP contribution in [0.4, 0.5) is 0 Å². The molecule has 0 radical (unpaired) electrons. The van der Waals surface area contributed by atoms with Crippen LogP contribution in [0.5, 0.6) is 11.5 Å². The summed E-state index contributed by atoms with van der Waals surface area (Å²) >= 11 is 0. The van der Waals surface area contributed by atoms with Crippen molar-refractivity contribution in [3.63, 3.8) is 0 Å². The van der Waals surface area contributed by atoms with Crippen LogP contribution in [-0.2, 0) is 16.6 Å². The highest BCUT2D eigenvalue weighted by molar-refractivity contribution is 7.89. The van der Waals surface area contributed by atoms with Crippen molar-refractivity contribution in [1.29, 1.82) is 0 Å². The number of nitrogens with zero attached hydrogens (tertiary/aromatic N) is 1. The number of benzene rings is 2. The number of hydrogen-bond acceptors (Lipinski definition) is 4. The van der Waals surface area contributed by atoms with Crippen LogP contribution >= 0.6 is 0 Å². The Morgan fingerprint density at radius 1 is 1.04 bits per heavy atom. The minimum absolute atomic E-state index is 0.0831. The Hall–Kier alpha value is -1.89. The molecule has 0 aliphatic heterocycles. The molecule has 0 aromatic heterocycles. The lowest BCUT2D eigenvalue weighted by atomic mass is 10.2. The second kappa shape index (κ2) is 8.67. The van der Waals surface area contributed by atoms with Crippen LogP contribution in [0.2, 0.25) is 0 Å². The summed E-state index contributed by atoms with van der Waals surface area (Å²) in [5, 5.41) is 5.18. The first kappa shape index (κ1) is 19.2. The van der Waals surface area contributed by atoms with Crippen LogP contribution in [0.1, 0.15) is 19.4 Å². The van der Waals surface area contributed by atoms with Crippen molar-refractivity contribution in [2.24, 2.45) is 5.14 Å². The zero-order valence-electron chi connectivity index (χ0n) is 14.0. The maximum atomic E-state index is 11.5. The number of para-hydroxylation sites is 1. The van der Waals surface area contributed by atoms with Crippen molar-refractivity contribution in [1.82, 2.24) is 4.90 Å². The highest BCUT2D eigenvalue weighted by Gasteiger charge is 2.13. The van der Waals surface area contributed by atoms with Gasteiger partial charge in [0.15, 0.2) is 0 Å². The zero-order chi connectivity index (χ0) is 17.5. The van der Waals surface area contributed by atoms with Gasteiger partial charge in [0, 0.05) is 12.1 Å². The van der Waals surface area contributed by atoms with E-state index in [1.807, 2.05) is 63.2 Å². The molecule has 5 nitrogen and oxygen atoms in total. The van der Waals surface area contributed by atoms with Gasteiger partial charge in [0.25, 0.3) is 0 Å². The molecule has 0 fully saturated rings. The second-order valence-corrected chi connectivity index (χ2v) is 6.53. The van der Waals surface area contributed by atoms with Crippen LogP contribution in [0, 0.1) is 0 Å². The molecule has 0 bridgehead atoms. The monoisotopic (exact) mass is 336 g/mol. The van der Waals surface area contributed by atoms with Gasteiger partial charge in [-0.1, -0.05) is 32.0 Å². The van der Waals surface area contributed by atoms with Gasteiger partial charge in [0.2, 0.25) is 10.0 Å². The highest BCUT2D eigenvalue weighted by atomic mass is 32.2. The number of primary sulfonamides is 1. The van der Waals surface area contributed by atoms with Crippen molar-refractivity contribution in [3.05, 3.63) is 54.1 Å². The van der Waals surface area contributed by atoms with E-state index in [0.29, 0.717) is 18.0 Å². The molecule has 0 saturated carbocycles. The third kappa shape index (κ3) is 6.02. The Kier molecular flexibility index (Phi) is 7.22. The SMILES string of the molecule is CC.CN(C)Cc1cc(S(N)(=O)=O)ccc1Oc1ccccc1. The maximum Gasteiger partial charge on any atom is 0.238 e. The predicted octanol–water partition coefficient (Wildman–Crippen LogP) is 3.21. The number of ether oxygens (including phenoxy) is 1. The smallest absolute Gasteiger partial charge is 0.238 e. The molecular formula is C17H24N2O3S. The molecule has 0 amide bonds. The summed E-state index contributed by atoms with van der Waals surface area (Å²) in [6.45, 7) is 4.55. The van der Waals surface area contributed by atoms with Crippen LogP contribution in [-0.4, -0.2) is 27.4 Å². The van der Waals surface area contributed by atoms with E-state index in [2.05, 4.69) is 0 Å². The molecule has 2 aromatic rings. The quantitative estimate of drug-likeness (QED) is 0.910. The van der Waals surface area contributed by atoms with Gasteiger partial charge in [-0.2, -0.15) is 0 Å². The van der Waals surface area contributed by atoms with Gasteiger partial charge in [0.1, 0.15) is 11.5 Å². The first-order valence-corrected chi connectivity index (χ1v) is 8.94. The van der Waals surface area contributed by atoms with Crippen molar-refractivity contribution in [2.75, 3.05) is 14.1 Å². The van der Waals surface area contributed by atoms with Crippen LogP contribution in [0.25, 0.3) is 0 Å². The summed E-state index contributed by atoms with van der Waals surface area (Å²) in [5.74, 6) is 1.31. The lowest BCUT2D eigenvalue weighted by Gasteiger charge is -2.16. The number of nitrogens with two attached hydrogens (primary N) is 1. The molecule has 0 saturated heterocycles. The van der Waals surface area contributed by atoms with Gasteiger partial charge in [-0.3, -0.25) is 0 Å². The lowest BCUT2D eigenvalue weighted by molar-refractivity contribution is 0.388. The average Bonchev–Trinajstić information content (AvgIpc) is 2.50. The molecule has 0 spiro atoms. The Labute approximate surface area is 138 Å². The van der Waals surface area contributed by atoms with Gasteiger partial charge >= 0.3 is 0 Å². The van der Waals surface area contributed by atoms with Crippen LogP contribution < -0.4 is 9.88 Å². The van der Waals surface area contributed by atoms with Crippen molar-refractivity contribution < 1.29 is 13.2 Å². The van der Waals surface area contributed by atoms with Gasteiger partial charge < -0.3 is 9.64 Å². The van der Waals surface area contributed by atoms with Crippen molar-refractivity contribution in [2.45, 2.75) is 25.3 Å². The van der Waals surface area contributed by atoms with Gasteiger partial charge in [0.05, 0.1) is 4.90 Å². The average molecular weight is 336 g/mol. The molecule has 6 heteroatoms. The molecule has 2 N–H and O–H groups in total. The molecule has 0 heterocycles. The fourth-order valence-corrected chi connectivity index (χ4v) is 2.48. The standard InChI is InChI=1S/C15H18N2O3S.C2H6/c1-17(2)11-12-10-14(21(16,18)19)8-9-15(12)20-13-6-4-3-5-7-13;1-2/h3-10H,11H2,1-2H3,(H2,16,18,19);1-2H3. The number of hydrogen-bond donors (Lipinski definition) is 1. The Morgan fingerprint density at radius 3 is 2.17 bits per heavy atom. The molecule has 2 rings (SSSR count). The summed E-state index contributed by atoms with van der Waals surface area (Å²) in [5.41, 5.74) is 0.760. The van der Waals surface area contributed by atoms with E-state index in [0.717, 1.165) is 5.56 Å². The molecule has 0 unspecified atom stereocenters. The second-order valence-electron chi connectivity index (χ2n) is 4.97. The Morgan fingerprint density at radius 2 is 1.65 bits per heavy atom. The van der Waals surface area contributed by atoms with E-state index in [-0.39, 0.29) is 4.90 Å². The summed E-state index contributed by atoms with van der Waals surface area (Å²) in [6.07, 6.45) is 0. The number of rotatable bonds is 5. The molecule has 2 aromatic carbocycles. The fraction of sp³-hybridized carbons (Fsp3) is 0.294. The lowest BCUT2D eigenvalue weighted by Crippen LogP contribution is -2.15. The zero-order valence-corrected chi connectivity index (χ0v) is 14.8. The van der Waals surface area contributed by atoms with E-state index >= 15 is 0 Å². The van der Waals surface area contributed by atoms with E-state index in [1.165, 1.54) is 6.07 Å². The highest BCUT2D eigenvalue weighted by Crippen LogP contribution is 2.28. The van der Waals surface area contributed by atoms with Crippen LogP contribution in [0.3, 0.4) is 0 Å². The predicted molar refractivity (Wildman–Crippen MR) is 93.1 cm³/mol. The third-order valence-electron chi connectivity index (χ3n) is 2.82. The summed E-state index contributed by atoms with van der Waals surface area (Å²) in [4.78, 5) is 2.01. The largest absolute Gasteiger partial charge is 0.457 e. The molecule has 0 atom stereocenters. The fourth-order valence-electron chi connectivity index (χ4n) is 1.91. The number of sulfonamides is 1. The first-order chi connectivity index (χ1) is 10.9. The van der Waals surface area contributed by atoms with Crippen LogP contribution in [0.15, 0.2) is 53.4 Å². The third-order valence-corrected chi connectivity index (χ3v) is 3.73. The summed E-state index contributed by atoms with van der Waals surface area (Å²) < 4.78 is 28.7. The molecular weight excluding hydrogens is 312 g/mol. The maximum absolute atomic E-state index is 11.5. The van der Waals surface area contributed by atoms with Crippen molar-refractivity contribution >= 4 is 10.0 Å².